The van der Waals surface area contributed by atoms with Crippen LogP contribution in [0.25, 0.3) is 10.2 Å². The van der Waals surface area contributed by atoms with E-state index in [0.29, 0.717) is 21.6 Å². The van der Waals surface area contributed by atoms with Crippen molar-refractivity contribution in [1.29, 1.82) is 0 Å². The Morgan fingerprint density at radius 2 is 1.84 bits per heavy atom. The van der Waals surface area contributed by atoms with Gasteiger partial charge in [0.15, 0.2) is 24.5 Å². The molecule has 3 rings (SSSR count). The van der Waals surface area contributed by atoms with Crippen LogP contribution >= 0.6 is 11.3 Å². The molecule has 7 nitrogen and oxygen atoms in total. The number of aromatic nitrogens is 1. The van der Waals surface area contributed by atoms with Gasteiger partial charge in [0.05, 0.1) is 26.6 Å². The second-order valence-electron chi connectivity index (χ2n) is 7.37. The number of benzene rings is 2. The van der Waals surface area contributed by atoms with Gasteiger partial charge in [-0.15, -0.1) is 6.58 Å². The van der Waals surface area contributed by atoms with E-state index in [1.165, 1.54) is 17.4 Å². The van der Waals surface area contributed by atoms with Gasteiger partial charge in [-0.3, -0.25) is 4.79 Å². The molecule has 0 unspecified atom stereocenters. The molecule has 0 atom stereocenters. The van der Waals surface area contributed by atoms with Crippen molar-refractivity contribution in [3.63, 3.8) is 0 Å². The van der Waals surface area contributed by atoms with Crippen LogP contribution in [0.15, 0.2) is 71.1 Å². The Hall–Kier alpha value is -2.56. The molecule has 3 aromatic rings. The molecule has 170 valence electrons. The largest absolute Gasteiger partial charge is 0.313 e. The summed E-state index contributed by atoms with van der Waals surface area (Å²) in [5, 5.41) is 0. The third-order valence-corrected chi connectivity index (χ3v) is 8.53. The smallest absolute Gasteiger partial charge is 0.248 e. The number of thiazole rings is 1. The van der Waals surface area contributed by atoms with Crippen LogP contribution in [0.4, 0.5) is 0 Å². The van der Waals surface area contributed by atoms with Crippen molar-refractivity contribution < 1.29 is 21.6 Å². The fourth-order valence-corrected chi connectivity index (χ4v) is 6.43. The minimum atomic E-state index is -3.36. The van der Waals surface area contributed by atoms with Crippen LogP contribution in [0, 0.1) is 0 Å². The number of allylic oxidation sites excluding steroid dienone is 1. The Labute approximate surface area is 191 Å². The van der Waals surface area contributed by atoms with Crippen molar-refractivity contribution in [3.8, 4) is 0 Å². The van der Waals surface area contributed by atoms with Gasteiger partial charge < -0.3 is 4.57 Å². The molecule has 0 aliphatic carbocycles. The van der Waals surface area contributed by atoms with Gasteiger partial charge in [-0.25, -0.2) is 16.8 Å². The summed E-state index contributed by atoms with van der Waals surface area (Å²) in [5.74, 6) is -0.579. The quantitative estimate of drug-likeness (QED) is 0.427. The molecule has 0 fully saturated rings. The highest BCUT2D eigenvalue weighted by atomic mass is 32.2. The van der Waals surface area contributed by atoms with Gasteiger partial charge in [-0.1, -0.05) is 47.7 Å². The molecule has 0 bridgehead atoms. The van der Waals surface area contributed by atoms with Gasteiger partial charge in [0.1, 0.15) is 0 Å². The summed E-state index contributed by atoms with van der Waals surface area (Å²) < 4.78 is 50.8. The first-order valence-corrected chi connectivity index (χ1v) is 14.4. The van der Waals surface area contributed by atoms with Crippen LogP contribution in [0.2, 0.25) is 0 Å². The van der Waals surface area contributed by atoms with E-state index in [4.69, 9.17) is 0 Å². The predicted octanol–water partition coefficient (Wildman–Crippen LogP) is 3.11. The maximum Gasteiger partial charge on any atom is 0.248 e. The van der Waals surface area contributed by atoms with E-state index in [1.54, 1.807) is 47.0 Å². The molecule has 0 spiro atoms. The van der Waals surface area contributed by atoms with Crippen molar-refractivity contribution in [2.45, 2.75) is 30.0 Å². The molecule has 1 amide bonds. The van der Waals surface area contributed by atoms with E-state index in [1.807, 2.05) is 6.07 Å². The third-order valence-electron chi connectivity index (χ3n) is 4.69. The molecule has 0 aliphatic heterocycles. The Kier molecular flexibility index (Phi) is 7.47. The number of sulfone groups is 2. The van der Waals surface area contributed by atoms with Gasteiger partial charge >= 0.3 is 0 Å². The average Bonchev–Trinajstić information content (AvgIpc) is 3.04. The summed E-state index contributed by atoms with van der Waals surface area (Å²) in [6, 6.07) is 13.7. The number of rotatable bonds is 9. The van der Waals surface area contributed by atoms with Gasteiger partial charge in [0.25, 0.3) is 0 Å². The van der Waals surface area contributed by atoms with Gasteiger partial charge in [-0.05, 0) is 30.2 Å². The molecule has 0 aliphatic rings. The van der Waals surface area contributed by atoms with Crippen LogP contribution in [0.1, 0.15) is 18.4 Å². The van der Waals surface area contributed by atoms with Crippen molar-refractivity contribution in [1.82, 2.24) is 4.57 Å². The van der Waals surface area contributed by atoms with Crippen molar-refractivity contribution in [2.24, 2.45) is 4.99 Å². The van der Waals surface area contributed by atoms with E-state index >= 15 is 0 Å². The number of carbonyl (C=O) groups is 1. The van der Waals surface area contributed by atoms with E-state index in [0.717, 1.165) is 11.8 Å². The Balaban J connectivity index is 1.76. The molecule has 0 N–H and O–H groups in total. The number of amides is 1. The summed E-state index contributed by atoms with van der Waals surface area (Å²) in [6.07, 6.45) is 2.99. The highest BCUT2D eigenvalue weighted by Crippen LogP contribution is 2.22. The zero-order valence-corrected chi connectivity index (χ0v) is 20.0. The van der Waals surface area contributed by atoms with Crippen molar-refractivity contribution >= 4 is 47.1 Å². The number of fused-ring (bicyclic) bond motifs is 1. The minimum Gasteiger partial charge on any atom is -0.313 e. The zero-order valence-electron chi connectivity index (χ0n) is 17.6. The summed E-state index contributed by atoms with van der Waals surface area (Å²) >= 11 is 1.21. The molecular formula is C22H24N2O5S3. The Bertz CT molecular complexity index is 1420. The lowest BCUT2D eigenvalue weighted by Crippen LogP contribution is -2.17. The van der Waals surface area contributed by atoms with Gasteiger partial charge in [0, 0.05) is 19.2 Å². The Morgan fingerprint density at radius 1 is 1.12 bits per heavy atom. The van der Waals surface area contributed by atoms with Crippen LogP contribution in [0.5, 0.6) is 0 Å². The summed E-state index contributed by atoms with van der Waals surface area (Å²) in [7, 11) is -6.68. The second kappa shape index (κ2) is 9.93. The molecule has 2 aromatic carbocycles. The standard InChI is InChI=1S/C22H24N2O5S3/c1-3-13-24-19-12-11-18(31(2,26)27)15-20(19)30-22(24)23-21(25)10-7-14-32(28,29)16-17-8-5-4-6-9-17/h3-6,8-9,11-12,15H,1,7,10,13-14,16H2,2H3. The normalized spacial score (nSPS) is 12.8. The van der Waals surface area contributed by atoms with Crippen LogP contribution in [-0.4, -0.2) is 39.3 Å². The van der Waals surface area contributed by atoms with Crippen molar-refractivity contribution in [2.75, 3.05) is 12.0 Å². The third kappa shape index (κ3) is 6.24. The number of carbonyl (C=O) groups excluding carboxylic acids is 1. The topological polar surface area (TPSA) is 103 Å². The first-order chi connectivity index (χ1) is 15.1. The number of nitrogens with zero attached hydrogens (tertiary/aromatic N) is 2. The summed E-state index contributed by atoms with van der Waals surface area (Å²) in [4.78, 5) is 17.2. The number of hydrogen-bond acceptors (Lipinski definition) is 6. The molecule has 0 saturated carbocycles. The van der Waals surface area contributed by atoms with Crippen LogP contribution in [-0.2, 0) is 36.8 Å². The molecule has 10 heteroatoms. The van der Waals surface area contributed by atoms with E-state index in [2.05, 4.69) is 11.6 Å². The molecule has 1 aromatic heterocycles. The lowest BCUT2D eigenvalue weighted by molar-refractivity contribution is -0.118. The molecule has 1 heterocycles. The number of hydrogen-bond donors (Lipinski definition) is 0. The first kappa shape index (κ1) is 24.1. The first-order valence-electron chi connectivity index (χ1n) is 9.85. The molecule has 0 saturated heterocycles. The van der Waals surface area contributed by atoms with Gasteiger partial charge in [-0.2, -0.15) is 4.99 Å². The SMILES string of the molecule is C=CCn1c(=NC(=O)CCCS(=O)(=O)Cc2ccccc2)sc2cc(S(C)(=O)=O)ccc21. The zero-order chi connectivity index (χ0) is 23.4. The Morgan fingerprint density at radius 3 is 2.50 bits per heavy atom. The highest BCUT2D eigenvalue weighted by molar-refractivity contribution is 7.91. The fourth-order valence-electron chi connectivity index (χ4n) is 3.18. The fraction of sp³-hybridized carbons (Fsp3) is 0.273. The van der Waals surface area contributed by atoms with E-state index in [-0.39, 0.29) is 29.2 Å². The summed E-state index contributed by atoms with van der Waals surface area (Å²) in [6.45, 7) is 4.12. The minimum absolute atomic E-state index is 0.00490. The molecule has 32 heavy (non-hydrogen) atoms. The lowest BCUT2D eigenvalue weighted by atomic mass is 10.2. The maximum atomic E-state index is 12.4. The lowest BCUT2D eigenvalue weighted by Gasteiger charge is -2.04. The molecular weight excluding hydrogens is 468 g/mol. The van der Waals surface area contributed by atoms with Gasteiger partial charge in [0.2, 0.25) is 5.91 Å². The predicted molar refractivity (Wildman–Crippen MR) is 127 cm³/mol. The van der Waals surface area contributed by atoms with Crippen molar-refractivity contribution in [3.05, 3.63) is 71.6 Å². The monoisotopic (exact) mass is 492 g/mol. The van der Waals surface area contributed by atoms with Crippen LogP contribution < -0.4 is 4.80 Å². The second-order valence-corrected chi connectivity index (χ2v) is 12.6. The highest BCUT2D eigenvalue weighted by Gasteiger charge is 2.14. The molecule has 0 radical (unpaired) electrons. The van der Waals surface area contributed by atoms with E-state index in [9.17, 15) is 21.6 Å². The van der Waals surface area contributed by atoms with E-state index < -0.39 is 25.6 Å². The van der Waals surface area contributed by atoms with Crippen LogP contribution in [0.3, 0.4) is 0 Å². The maximum absolute atomic E-state index is 12.4. The average molecular weight is 493 g/mol. The summed E-state index contributed by atoms with van der Waals surface area (Å²) in [5.41, 5.74) is 1.46.